The Balaban J connectivity index is 4.15. The number of rotatable bonds is 57. The molecule has 0 aromatic rings. The molecular formula is C53H96N10O19S. The number of amides is 10. The van der Waals surface area contributed by atoms with E-state index in [0.717, 1.165) is 24.6 Å². The number of hydrogen-bond acceptors (Lipinski definition) is 20. The predicted octanol–water partition coefficient (Wildman–Crippen LogP) is -2.38. The molecule has 0 rings (SSSR count). The highest BCUT2D eigenvalue weighted by atomic mass is 32.2. The molecule has 0 spiro atoms. The van der Waals surface area contributed by atoms with Crippen molar-refractivity contribution < 1.29 is 90.6 Å². The fraction of sp³-hybridized carbons (Fsp3) is 0.792. The molecule has 0 aromatic carbocycles. The van der Waals surface area contributed by atoms with Crippen LogP contribution in [0, 0.1) is 11.8 Å². The van der Waals surface area contributed by atoms with Crippen LogP contribution in [0.25, 0.3) is 0 Å². The number of carbonyl (C=O) groups excluding carboxylic acids is 11. The normalized spacial score (nSPS) is 12.0. The van der Waals surface area contributed by atoms with E-state index in [2.05, 4.69) is 42.5 Å². The summed E-state index contributed by atoms with van der Waals surface area (Å²) in [5.74, 6) is -3.68. The quantitative estimate of drug-likeness (QED) is 0.0284. The molecule has 0 fully saturated rings. The molecule has 0 heterocycles. The van der Waals surface area contributed by atoms with Gasteiger partial charge in [-0.25, -0.2) is 0 Å². The average Bonchev–Trinajstić information content (AvgIpc) is 3.45. The fourth-order valence-corrected chi connectivity index (χ4v) is 7.19. The van der Waals surface area contributed by atoms with Crippen LogP contribution in [0.4, 0.5) is 0 Å². The minimum atomic E-state index is -0.872. The molecule has 3 atom stereocenters. The van der Waals surface area contributed by atoms with Crippen molar-refractivity contribution in [2.45, 2.75) is 104 Å². The lowest BCUT2D eigenvalue weighted by Crippen LogP contribution is -2.48. The number of ether oxygens (including phenoxy) is 8. The second-order valence-electron chi connectivity index (χ2n) is 18.9. The van der Waals surface area contributed by atoms with Gasteiger partial charge in [0.15, 0.2) is 5.12 Å². The van der Waals surface area contributed by atoms with Gasteiger partial charge in [-0.3, -0.25) is 52.7 Å². The smallest absolute Gasteiger partial charge is 0.246 e. The zero-order valence-electron chi connectivity index (χ0n) is 49.0. The van der Waals surface area contributed by atoms with E-state index in [4.69, 9.17) is 49.4 Å². The molecule has 0 saturated heterocycles. The van der Waals surface area contributed by atoms with Gasteiger partial charge >= 0.3 is 0 Å². The number of unbranched alkanes of at least 4 members (excludes halogenated alkanes) is 3. The van der Waals surface area contributed by atoms with Crippen molar-refractivity contribution in [1.82, 2.24) is 42.5 Å². The van der Waals surface area contributed by atoms with Gasteiger partial charge < -0.3 is 91.9 Å². The number of carbonyl (C=O) groups is 11. The summed E-state index contributed by atoms with van der Waals surface area (Å²) in [7, 11) is 0. The summed E-state index contributed by atoms with van der Waals surface area (Å²) in [4.78, 5) is 131. The van der Waals surface area contributed by atoms with Gasteiger partial charge in [0.25, 0.3) is 0 Å². The second-order valence-corrected chi connectivity index (χ2v) is 20.1. The predicted molar refractivity (Wildman–Crippen MR) is 305 cm³/mol. The first kappa shape index (κ1) is 77.4. The van der Waals surface area contributed by atoms with Crippen LogP contribution < -0.4 is 54.0 Å². The van der Waals surface area contributed by atoms with Gasteiger partial charge in [0.2, 0.25) is 59.1 Å². The summed E-state index contributed by atoms with van der Waals surface area (Å²) in [6.45, 7) is 8.65. The zero-order valence-corrected chi connectivity index (χ0v) is 49.8. The summed E-state index contributed by atoms with van der Waals surface area (Å²) in [5, 5.41) is 21.6. The molecule has 0 bridgehead atoms. The van der Waals surface area contributed by atoms with Crippen molar-refractivity contribution in [3.63, 3.8) is 0 Å². The summed E-state index contributed by atoms with van der Waals surface area (Å²) < 4.78 is 42.8. The maximum atomic E-state index is 13.1. The van der Waals surface area contributed by atoms with E-state index in [-0.39, 0.29) is 227 Å². The third kappa shape index (κ3) is 52.9. The molecule has 0 aliphatic heterocycles. The van der Waals surface area contributed by atoms with Gasteiger partial charge in [0.1, 0.15) is 32.5 Å². The van der Waals surface area contributed by atoms with E-state index < -0.39 is 11.9 Å². The molecule has 10 amide bonds. The monoisotopic (exact) mass is 1210 g/mol. The topological polar surface area (TPSA) is 410 Å². The van der Waals surface area contributed by atoms with E-state index in [9.17, 15) is 52.7 Å². The summed E-state index contributed by atoms with van der Waals surface area (Å²) >= 11 is 0.924. The van der Waals surface area contributed by atoms with E-state index in [1.54, 1.807) is 13.8 Å². The van der Waals surface area contributed by atoms with Crippen LogP contribution in [-0.2, 0) is 90.6 Å². The zero-order chi connectivity index (χ0) is 61.6. The number of thioether (sulfide) groups is 1. The highest BCUT2D eigenvalue weighted by molar-refractivity contribution is 8.14. The molecule has 0 unspecified atom stereocenters. The standard InChI is InChI=1S/C53H96N10O19S/c1-40(51(54)72)11-4-7-17-57-46(67)35-79-31-28-76-24-20-59-47(68)36-80-32-27-75-23-19-58-45(66)15-10-14-44(65)56-16-9-6-13-43(53(74)62-18-8-5-12-41(2)52(55)73)63-49(70)38-82-34-30-77-25-21-60-48(69)37-81-33-29-78-26-22-61-50(71)39-83-42(3)64/h40-41,43H,4-39H2,1-3H3,(H2,54,72)(H2,55,73)(H,56,65)(H,57,67)(H,58,66)(H,59,68)(H,60,69)(H,61,71)(H,62,74)(H,63,70)/t40-,41+,43-/m0/s1. The van der Waals surface area contributed by atoms with Crippen LogP contribution in [0.2, 0.25) is 0 Å². The Kier molecular flexibility index (Phi) is 50.7. The molecule has 0 aliphatic rings. The number of nitrogens with one attached hydrogen (secondary N) is 8. The SMILES string of the molecule is CC(=O)SCC(=O)NCCOCCOCC(=O)NCCOCCOCC(=O)N[C@@H](CCCCNC(=O)CCCC(=O)NCCOCCOCC(=O)NCCOCCOCC(=O)NCCCC[C@H](C)C(N)=O)C(=O)NCCCC[C@@H](C)C(N)=O. The molecule has 0 aromatic heterocycles. The van der Waals surface area contributed by atoms with Crippen molar-refractivity contribution in [2.24, 2.45) is 23.3 Å². The molecule has 83 heavy (non-hydrogen) atoms. The van der Waals surface area contributed by atoms with Crippen molar-refractivity contribution in [1.29, 1.82) is 0 Å². The lowest BCUT2D eigenvalue weighted by atomic mass is 10.0. The van der Waals surface area contributed by atoms with E-state index in [1.165, 1.54) is 6.92 Å². The summed E-state index contributed by atoms with van der Waals surface area (Å²) in [5.41, 5.74) is 10.6. The maximum Gasteiger partial charge on any atom is 0.246 e. The van der Waals surface area contributed by atoms with Crippen molar-refractivity contribution >= 4 is 75.9 Å². The van der Waals surface area contributed by atoms with Crippen LogP contribution in [0.1, 0.15) is 97.8 Å². The van der Waals surface area contributed by atoms with Crippen molar-refractivity contribution in [2.75, 3.05) is 157 Å². The van der Waals surface area contributed by atoms with Crippen molar-refractivity contribution in [3.8, 4) is 0 Å². The fourth-order valence-electron chi connectivity index (χ4n) is 6.75. The summed E-state index contributed by atoms with van der Waals surface area (Å²) in [6.07, 6.45) is 5.95. The Labute approximate surface area is 492 Å². The Bertz CT molecular complexity index is 1860. The van der Waals surface area contributed by atoms with Crippen LogP contribution in [0.15, 0.2) is 0 Å². The Morgan fingerprint density at radius 2 is 0.687 bits per heavy atom. The first-order chi connectivity index (χ1) is 39.9. The molecule has 29 nitrogen and oxygen atoms in total. The Morgan fingerprint density at radius 3 is 1.08 bits per heavy atom. The van der Waals surface area contributed by atoms with Crippen molar-refractivity contribution in [3.05, 3.63) is 0 Å². The number of primary amides is 2. The highest BCUT2D eigenvalue weighted by Gasteiger charge is 2.21. The Hall–Kier alpha value is -5.60. The minimum Gasteiger partial charge on any atom is -0.377 e. The minimum absolute atomic E-state index is 0.0543. The van der Waals surface area contributed by atoms with Crippen LogP contribution in [0.5, 0.6) is 0 Å². The lowest BCUT2D eigenvalue weighted by molar-refractivity contribution is -0.132. The van der Waals surface area contributed by atoms with Crippen LogP contribution in [-0.4, -0.2) is 228 Å². The largest absolute Gasteiger partial charge is 0.377 e. The van der Waals surface area contributed by atoms with E-state index in [1.807, 2.05) is 0 Å². The first-order valence-corrected chi connectivity index (χ1v) is 29.4. The molecule has 12 N–H and O–H groups in total. The second kappa shape index (κ2) is 54.3. The maximum absolute atomic E-state index is 13.1. The average molecular weight is 1210 g/mol. The highest BCUT2D eigenvalue weighted by Crippen LogP contribution is 2.08. The van der Waals surface area contributed by atoms with Crippen LogP contribution >= 0.6 is 11.8 Å². The van der Waals surface area contributed by atoms with E-state index in [0.29, 0.717) is 64.6 Å². The third-order valence-corrected chi connectivity index (χ3v) is 12.3. The van der Waals surface area contributed by atoms with Gasteiger partial charge in [0.05, 0.1) is 85.0 Å². The molecule has 0 aliphatic carbocycles. The van der Waals surface area contributed by atoms with Gasteiger partial charge in [-0.2, -0.15) is 0 Å². The Morgan fingerprint density at radius 1 is 0.361 bits per heavy atom. The molecule has 0 radical (unpaired) electrons. The van der Waals surface area contributed by atoms with Gasteiger partial charge in [-0.05, 0) is 51.4 Å². The molecular weight excluding hydrogens is 1110 g/mol. The van der Waals surface area contributed by atoms with Crippen LogP contribution in [0.3, 0.4) is 0 Å². The third-order valence-electron chi connectivity index (χ3n) is 11.5. The van der Waals surface area contributed by atoms with Gasteiger partial charge in [-0.1, -0.05) is 38.5 Å². The number of hydrogen-bond donors (Lipinski definition) is 10. The first-order valence-electron chi connectivity index (χ1n) is 28.4. The van der Waals surface area contributed by atoms with Gasteiger partial charge in [0, 0.05) is 77.4 Å². The molecule has 30 heteroatoms. The molecule has 0 saturated carbocycles. The summed E-state index contributed by atoms with van der Waals surface area (Å²) in [6, 6.07) is -0.872. The van der Waals surface area contributed by atoms with E-state index >= 15 is 0 Å². The number of nitrogens with two attached hydrogens (primary N) is 2. The molecule has 478 valence electrons. The lowest BCUT2D eigenvalue weighted by Gasteiger charge is -2.19. The van der Waals surface area contributed by atoms with Gasteiger partial charge in [-0.15, -0.1) is 0 Å².